The minimum Gasteiger partial charge on any atom is -0.427 e. The van der Waals surface area contributed by atoms with E-state index in [1.54, 1.807) is 0 Å². The summed E-state index contributed by atoms with van der Waals surface area (Å²) >= 11 is 0. The van der Waals surface area contributed by atoms with Gasteiger partial charge in [-0.25, -0.2) is 0 Å². The van der Waals surface area contributed by atoms with Gasteiger partial charge in [-0.15, -0.1) is 0 Å². The highest BCUT2D eigenvalue weighted by Crippen LogP contribution is 2.42. The lowest BCUT2D eigenvalue weighted by Gasteiger charge is -2.44. The first kappa shape index (κ1) is 27.7. The quantitative estimate of drug-likeness (QED) is 0.185. The van der Waals surface area contributed by atoms with Crippen LogP contribution in [0.4, 0.5) is 0 Å². The van der Waals surface area contributed by atoms with Crippen molar-refractivity contribution in [3.63, 3.8) is 0 Å². The lowest BCUT2D eigenvalue weighted by Crippen LogP contribution is -2.48. The Balaban J connectivity index is 1.45. The molecule has 38 heavy (non-hydrogen) atoms. The SMILES string of the molecule is CCCC(=O)Oc1ccc(CC(CCC=O)N2CCC(C(O)(c3ccccc3)c3ccccc3)CC2)cc1. The summed E-state index contributed by atoms with van der Waals surface area (Å²) in [5.74, 6) is 0.448. The highest BCUT2D eigenvalue weighted by molar-refractivity contribution is 5.72. The number of likely N-dealkylation sites (tertiary alicyclic amines) is 1. The van der Waals surface area contributed by atoms with Gasteiger partial charge in [-0.05, 0) is 79.9 Å². The zero-order chi connectivity index (χ0) is 26.8. The third-order valence-electron chi connectivity index (χ3n) is 7.76. The van der Waals surface area contributed by atoms with Gasteiger partial charge in [0.25, 0.3) is 0 Å². The largest absolute Gasteiger partial charge is 0.427 e. The van der Waals surface area contributed by atoms with Gasteiger partial charge in [0.15, 0.2) is 0 Å². The van der Waals surface area contributed by atoms with Gasteiger partial charge in [-0.1, -0.05) is 79.7 Å². The van der Waals surface area contributed by atoms with Gasteiger partial charge in [0.2, 0.25) is 0 Å². The van der Waals surface area contributed by atoms with Gasteiger partial charge < -0.3 is 19.5 Å². The second-order valence-corrected chi connectivity index (χ2v) is 10.3. The standard InChI is InChI=1S/C33H39NO4/c1-2-10-32(36)38-31-18-16-26(17-19-31)25-30(15-9-24-35)34-22-20-29(21-23-34)33(37,27-11-5-3-6-12-27)28-13-7-4-8-14-28/h3-8,11-14,16-19,24,29-30,37H,2,9-10,15,20-23,25H2,1H3. The number of aldehydes is 1. The predicted molar refractivity (Wildman–Crippen MR) is 150 cm³/mol. The fourth-order valence-corrected chi connectivity index (χ4v) is 5.73. The minimum absolute atomic E-state index is 0.0901. The number of hydrogen-bond acceptors (Lipinski definition) is 5. The summed E-state index contributed by atoms with van der Waals surface area (Å²) in [6.45, 7) is 3.68. The lowest BCUT2D eigenvalue weighted by molar-refractivity contribution is -0.134. The summed E-state index contributed by atoms with van der Waals surface area (Å²) in [4.78, 5) is 25.5. The number of rotatable bonds is 12. The van der Waals surface area contributed by atoms with Crippen molar-refractivity contribution in [2.45, 2.75) is 63.5 Å². The second kappa shape index (κ2) is 13.5. The molecule has 3 aromatic carbocycles. The highest BCUT2D eigenvalue weighted by atomic mass is 16.5. The number of piperidine rings is 1. The normalized spacial score (nSPS) is 15.6. The molecule has 0 saturated carbocycles. The molecule has 1 fully saturated rings. The molecule has 0 spiro atoms. The number of esters is 1. The first-order valence-electron chi connectivity index (χ1n) is 13.8. The fourth-order valence-electron chi connectivity index (χ4n) is 5.73. The van der Waals surface area contributed by atoms with Crippen LogP contribution in [0, 0.1) is 5.92 Å². The average Bonchev–Trinajstić information content (AvgIpc) is 2.97. The summed E-state index contributed by atoms with van der Waals surface area (Å²) < 4.78 is 5.39. The molecule has 1 aliphatic heterocycles. The van der Waals surface area contributed by atoms with E-state index in [1.165, 1.54) is 0 Å². The van der Waals surface area contributed by atoms with E-state index in [4.69, 9.17) is 4.74 Å². The molecule has 1 unspecified atom stereocenters. The molecule has 1 saturated heterocycles. The third-order valence-corrected chi connectivity index (χ3v) is 7.76. The van der Waals surface area contributed by atoms with E-state index in [1.807, 2.05) is 91.9 Å². The van der Waals surface area contributed by atoms with Crippen LogP contribution in [0.2, 0.25) is 0 Å². The zero-order valence-corrected chi connectivity index (χ0v) is 22.3. The molecule has 5 nitrogen and oxygen atoms in total. The van der Waals surface area contributed by atoms with Crippen LogP contribution in [-0.4, -0.2) is 41.4 Å². The summed E-state index contributed by atoms with van der Waals surface area (Å²) in [5.41, 5.74) is 1.98. The van der Waals surface area contributed by atoms with Gasteiger partial charge in [-0.3, -0.25) is 4.79 Å². The monoisotopic (exact) mass is 513 g/mol. The van der Waals surface area contributed by atoms with E-state index >= 15 is 0 Å². The molecule has 1 aliphatic rings. The molecular formula is C33H39NO4. The van der Waals surface area contributed by atoms with Crippen molar-refractivity contribution in [1.82, 2.24) is 4.90 Å². The molecule has 0 amide bonds. The summed E-state index contributed by atoms with van der Waals surface area (Å²) in [6, 6.07) is 28.0. The van der Waals surface area contributed by atoms with Gasteiger partial charge in [0, 0.05) is 18.9 Å². The van der Waals surface area contributed by atoms with Gasteiger partial charge in [0.1, 0.15) is 17.6 Å². The Morgan fingerprint density at radius 1 is 0.974 bits per heavy atom. The number of nitrogens with zero attached hydrogens (tertiary/aromatic N) is 1. The van der Waals surface area contributed by atoms with Crippen LogP contribution in [0.3, 0.4) is 0 Å². The minimum atomic E-state index is -1.04. The zero-order valence-electron chi connectivity index (χ0n) is 22.3. The topological polar surface area (TPSA) is 66.8 Å². The smallest absolute Gasteiger partial charge is 0.311 e. The van der Waals surface area contributed by atoms with E-state index in [0.717, 1.165) is 68.2 Å². The maximum absolute atomic E-state index is 12.2. The second-order valence-electron chi connectivity index (χ2n) is 10.3. The van der Waals surface area contributed by atoms with Crippen LogP contribution in [0.15, 0.2) is 84.9 Å². The number of hydrogen-bond donors (Lipinski definition) is 1. The van der Waals surface area contributed by atoms with Crippen LogP contribution >= 0.6 is 0 Å². The van der Waals surface area contributed by atoms with Crippen molar-refractivity contribution in [3.05, 3.63) is 102 Å². The van der Waals surface area contributed by atoms with Crippen LogP contribution < -0.4 is 4.74 Å². The summed E-state index contributed by atoms with van der Waals surface area (Å²) in [6.07, 6.45) is 6.05. The van der Waals surface area contributed by atoms with E-state index in [0.29, 0.717) is 18.6 Å². The van der Waals surface area contributed by atoms with Gasteiger partial charge >= 0.3 is 5.97 Å². The maximum Gasteiger partial charge on any atom is 0.311 e. The molecule has 4 rings (SSSR count). The molecule has 0 aliphatic carbocycles. The molecule has 1 atom stereocenters. The van der Waals surface area contributed by atoms with E-state index in [9.17, 15) is 14.7 Å². The Morgan fingerprint density at radius 3 is 2.08 bits per heavy atom. The first-order valence-corrected chi connectivity index (χ1v) is 13.8. The van der Waals surface area contributed by atoms with Gasteiger partial charge in [-0.2, -0.15) is 0 Å². The number of benzene rings is 3. The Kier molecular flexibility index (Phi) is 9.85. The molecule has 1 N–H and O–H groups in total. The van der Waals surface area contributed by atoms with Crippen LogP contribution in [0.25, 0.3) is 0 Å². The van der Waals surface area contributed by atoms with Crippen molar-refractivity contribution in [3.8, 4) is 5.75 Å². The van der Waals surface area contributed by atoms with Crippen molar-refractivity contribution < 1.29 is 19.4 Å². The molecule has 200 valence electrons. The molecule has 0 aromatic heterocycles. The lowest BCUT2D eigenvalue weighted by atomic mass is 9.72. The molecule has 3 aromatic rings. The van der Waals surface area contributed by atoms with Crippen LogP contribution in [-0.2, 0) is 21.6 Å². The van der Waals surface area contributed by atoms with E-state index in [-0.39, 0.29) is 17.9 Å². The summed E-state index contributed by atoms with van der Waals surface area (Å²) in [5, 5.41) is 12.2. The van der Waals surface area contributed by atoms with Gasteiger partial charge in [0.05, 0.1) is 0 Å². The fraction of sp³-hybridized carbons (Fsp3) is 0.394. The maximum atomic E-state index is 12.2. The Bertz CT molecular complexity index is 1100. The summed E-state index contributed by atoms with van der Waals surface area (Å²) in [7, 11) is 0. The number of aliphatic hydroxyl groups is 1. The van der Waals surface area contributed by atoms with Crippen molar-refractivity contribution in [1.29, 1.82) is 0 Å². The molecule has 0 radical (unpaired) electrons. The van der Waals surface area contributed by atoms with Crippen LogP contribution in [0.5, 0.6) is 5.75 Å². The first-order chi connectivity index (χ1) is 18.5. The van der Waals surface area contributed by atoms with E-state index in [2.05, 4.69) is 4.90 Å². The number of ether oxygens (including phenoxy) is 1. The Morgan fingerprint density at radius 2 is 1.55 bits per heavy atom. The van der Waals surface area contributed by atoms with E-state index < -0.39 is 5.60 Å². The molecule has 5 heteroatoms. The molecular weight excluding hydrogens is 474 g/mol. The Hall–Kier alpha value is -3.28. The van der Waals surface area contributed by atoms with Crippen molar-refractivity contribution >= 4 is 12.3 Å². The average molecular weight is 514 g/mol. The van der Waals surface area contributed by atoms with Crippen LogP contribution in [0.1, 0.15) is 62.1 Å². The molecule has 1 heterocycles. The predicted octanol–water partition coefficient (Wildman–Crippen LogP) is 5.93. The molecule has 0 bridgehead atoms. The van der Waals surface area contributed by atoms with Crippen molar-refractivity contribution in [2.75, 3.05) is 13.1 Å². The number of carbonyl (C=O) groups is 2. The number of carbonyl (C=O) groups excluding carboxylic acids is 2. The van der Waals surface area contributed by atoms with Crippen molar-refractivity contribution in [2.24, 2.45) is 5.92 Å². The Labute approximate surface area is 226 Å². The third kappa shape index (κ3) is 6.77. The highest BCUT2D eigenvalue weighted by Gasteiger charge is 2.42.